The van der Waals surface area contributed by atoms with Crippen LogP contribution in [0.1, 0.15) is 50.6 Å². The Bertz CT molecular complexity index is 586. The van der Waals surface area contributed by atoms with Gasteiger partial charge in [0, 0.05) is 24.4 Å². The lowest BCUT2D eigenvalue weighted by molar-refractivity contribution is -0.125. The third kappa shape index (κ3) is 4.94. The second-order valence-corrected chi connectivity index (χ2v) is 6.20. The minimum Gasteiger partial charge on any atom is -0.496 e. The van der Waals surface area contributed by atoms with Crippen LogP contribution in [0, 0.1) is 11.7 Å². The number of carbonyl (C=O) groups excluding carboxylic acids is 2. The van der Waals surface area contributed by atoms with Gasteiger partial charge in [-0.2, -0.15) is 0 Å². The van der Waals surface area contributed by atoms with E-state index in [1.807, 2.05) is 0 Å². The van der Waals surface area contributed by atoms with Crippen LogP contribution in [0.25, 0.3) is 0 Å². The van der Waals surface area contributed by atoms with Crippen molar-refractivity contribution >= 4 is 11.8 Å². The summed E-state index contributed by atoms with van der Waals surface area (Å²) in [5.74, 6) is 0.0960. The second kappa shape index (κ2) is 8.66. The van der Waals surface area contributed by atoms with E-state index in [0.717, 1.165) is 25.7 Å². The summed E-state index contributed by atoms with van der Waals surface area (Å²) in [5.41, 5.74) is 0.584. The van der Waals surface area contributed by atoms with Crippen molar-refractivity contribution in [2.24, 2.45) is 5.92 Å². The third-order valence-corrected chi connectivity index (χ3v) is 4.41. The molecule has 0 bridgehead atoms. The predicted octanol–water partition coefficient (Wildman–Crippen LogP) is 2.71. The van der Waals surface area contributed by atoms with Gasteiger partial charge in [-0.3, -0.25) is 9.59 Å². The molecule has 5 nitrogen and oxygen atoms in total. The van der Waals surface area contributed by atoms with Crippen LogP contribution in [0.5, 0.6) is 5.75 Å². The van der Waals surface area contributed by atoms with Gasteiger partial charge in [-0.05, 0) is 38.0 Å². The number of benzene rings is 1. The van der Waals surface area contributed by atoms with Gasteiger partial charge in [0.25, 0.3) is 0 Å². The summed E-state index contributed by atoms with van der Waals surface area (Å²) in [5, 5.41) is 5.62. The first kappa shape index (κ1) is 18.2. The average molecular weight is 336 g/mol. The highest BCUT2D eigenvalue weighted by Gasteiger charge is 2.22. The fourth-order valence-corrected chi connectivity index (χ4v) is 3.07. The van der Waals surface area contributed by atoms with Crippen molar-refractivity contribution in [1.29, 1.82) is 0 Å². The lowest BCUT2D eigenvalue weighted by Gasteiger charge is -2.17. The number of hydrogen-bond donors (Lipinski definition) is 2. The van der Waals surface area contributed by atoms with Crippen molar-refractivity contribution in [2.45, 2.75) is 45.1 Å². The first-order chi connectivity index (χ1) is 11.5. The summed E-state index contributed by atoms with van der Waals surface area (Å²) in [6, 6.07) is 3.82. The summed E-state index contributed by atoms with van der Waals surface area (Å²) in [4.78, 5) is 23.9. The van der Waals surface area contributed by atoms with Gasteiger partial charge in [0.15, 0.2) is 0 Å². The lowest BCUT2D eigenvalue weighted by atomic mass is 10.1. The van der Waals surface area contributed by atoms with Gasteiger partial charge < -0.3 is 15.4 Å². The van der Waals surface area contributed by atoms with Gasteiger partial charge in [-0.15, -0.1) is 0 Å². The Kier molecular flexibility index (Phi) is 6.58. The molecule has 0 saturated heterocycles. The Labute approximate surface area is 142 Å². The van der Waals surface area contributed by atoms with E-state index in [0.29, 0.717) is 17.9 Å². The fraction of sp³-hybridized carbons (Fsp3) is 0.556. The van der Waals surface area contributed by atoms with Crippen LogP contribution in [0.3, 0.4) is 0 Å². The summed E-state index contributed by atoms with van der Waals surface area (Å²) in [6.45, 7) is 2.08. The molecule has 1 aromatic rings. The number of nitrogens with one attached hydrogen (secondary N) is 2. The molecule has 0 aliphatic heterocycles. The molecule has 1 fully saturated rings. The van der Waals surface area contributed by atoms with Gasteiger partial charge in [0.05, 0.1) is 13.2 Å². The zero-order valence-corrected chi connectivity index (χ0v) is 14.2. The summed E-state index contributed by atoms with van der Waals surface area (Å²) in [6.07, 6.45) is 4.28. The second-order valence-electron chi connectivity index (χ2n) is 6.20. The molecular formula is C18H25FN2O3. The molecule has 24 heavy (non-hydrogen) atoms. The van der Waals surface area contributed by atoms with E-state index in [9.17, 15) is 14.0 Å². The van der Waals surface area contributed by atoms with Gasteiger partial charge in [-0.25, -0.2) is 4.39 Å². The number of halogens is 1. The molecule has 0 aromatic heterocycles. The normalized spacial score (nSPS) is 15.8. The zero-order chi connectivity index (χ0) is 17.5. The number of methoxy groups -OCH3 is 1. The predicted molar refractivity (Wildman–Crippen MR) is 89.1 cm³/mol. The van der Waals surface area contributed by atoms with Crippen molar-refractivity contribution in [1.82, 2.24) is 10.6 Å². The largest absolute Gasteiger partial charge is 0.496 e. The molecule has 6 heteroatoms. The van der Waals surface area contributed by atoms with E-state index >= 15 is 0 Å². The van der Waals surface area contributed by atoms with E-state index in [1.165, 1.54) is 25.3 Å². The van der Waals surface area contributed by atoms with Gasteiger partial charge in [-0.1, -0.05) is 12.8 Å². The molecule has 1 aromatic carbocycles. The first-order valence-electron chi connectivity index (χ1n) is 8.41. The third-order valence-electron chi connectivity index (χ3n) is 4.41. The van der Waals surface area contributed by atoms with Crippen molar-refractivity contribution in [3.63, 3.8) is 0 Å². The van der Waals surface area contributed by atoms with Crippen LogP contribution < -0.4 is 15.4 Å². The molecule has 2 rings (SSSR count). The maximum Gasteiger partial charge on any atom is 0.223 e. The average Bonchev–Trinajstić information content (AvgIpc) is 3.09. The zero-order valence-electron chi connectivity index (χ0n) is 14.2. The Morgan fingerprint density at radius 2 is 2.04 bits per heavy atom. The molecule has 2 N–H and O–H groups in total. The maximum absolute atomic E-state index is 13.4. The first-order valence-corrected chi connectivity index (χ1v) is 8.41. The smallest absolute Gasteiger partial charge is 0.223 e. The summed E-state index contributed by atoms with van der Waals surface area (Å²) in [7, 11) is 1.50. The summed E-state index contributed by atoms with van der Waals surface area (Å²) < 4.78 is 18.6. The van der Waals surface area contributed by atoms with E-state index in [2.05, 4.69) is 10.6 Å². The highest BCUT2D eigenvalue weighted by Crippen LogP contribution is 2.26. The molecule has 0 radical (unpaired) electrons. The number of ether oxygens (including phenoxy) is 1. The molecular weight excluding hydrogens is 311 g/mol. The van der Waals surface area contributed by atoms with E-state index < -0.39 is 0 Å². The fourth-order valence-electron chi connectivity index (χ4n) is 3.07. The van der Waals surface area contributed by atoms with Gasteiger partial charge in [0.2, 0.25) is 11.8 Å². The van der Waals surface area contributed by atoms with E-state index in [4.69, 9.17) is 4.74 Å². The SMILES string of the molecule is COc1ccc(F)cc1C(C)NC(=O)CCNC(=O)C1CCCC1. The van der Waals surface area contributed by atoms with Crippen molar-refractivity contribution in [3.8, 4) is 5.75 Å². The Morgan fingerprint density at radius 1 is 1.33 bits per heavy atom. The topological polar surface area (TPSA) is 67.4 Å². The van der Waals surface area contributed by atoms with Crippen molar-refractivity contribution in [3.05, 3.63) is 29.6 Å². The van der Waals surface area contributed by atoms with Gasteiger partial charge >= 0.3 is 0 Å². The highest BCUT2D eigenvalue weighted by molar-refractivity contribution is 5.80. The maximum atomic E-state index is 13.4. The van der Waals surface area contributed by atoms with Gasteiger partial charge in [0.1, 0.15) is 11.6 Å². The molecule has 1 saturated carbocycles. The number of carbonyl (C=O) groups is 2. The number of rotatable bonds is 7. The standard InChI is InChI=1S/C18H25FN2O3/c1-12(15-11-14(19)7-8-16(15)24-2)21-17(22)9-10-20-18(23)13-5-3-4-6-13/h7-8,11-13H,3-6,9-10H2,1-2H3,(H,20,23)(H,21,22). The monoisotopic (exact) mass is 336 g/mol. The lowest BCUT2D eigenvalue weighted by Crippen LogP contribution is -2.34. The quantitative estimate of drug-likeness (QED) is 0.804. The Hall–Kier alpha value is -2.11. The minimum absolute atomic E-state index is 0.0418. The molecule has 1 unspecified atom stereocenters. The molecule has 0 heterocycles. The molecule has 132 valence electrons. The van der Waals surface area contributed by atoms with Crippen LogP contribution in [-0.2, 0) is 9.59 Å². The van der Waals surface area contributed by atoms with Crippen molar-refractivity contribution < 1.29 is 18.7 Å². The molecule has 0 spiro atoms. The van der Waals surface area contributed by atoms with Crippen LogP contribution in [0.15, 0.2) is 18.2 Å². The number of hydrogen-bond acceptors (Lipinski definition) is 3. The van der Waals surface area contributed by atoms with Crippen LogP contribution in [-0.4, -0.2) is 25.5 Å². The Balaban J connectivity index is 1.79. The minimum atomic E-state index is -0.381. The molecule has 1 atom stereocenters. The van der Waals surface area contributed by atoms with Crippen LogP contribution in [0.2, 0.25) is 0 Å². The Morgan fingerprint density at radius 3 is 2.71 bits per heavy atom. The van der Waals surface area contributed by atoms with E-state index in [1.54, 1.807) is 6.92 Å². The van der Waals surface area contributed by atoms with Crippen LogP contribution in [0.4, 0.5) is 4.39 Å². The van der Waals surface area contributed by atoms with Crippen LogP contribution >= 0.6 is 0 Å². The molecule has 2 amide bonds. The molecule has 1 aliphatic rings. The summed E-state index contributed by atoms with van der Waals surface area (Å²) >= 11 is 0. The highest BCUT2D eigenvalue weighted by atomic mass is 19.1. The van der Waals surface area contributed by atoms with Crippen molar-refractivity contribution in [2.75, 3.05) is 13.7 Å². The molecule has 1 aliphatic carbocycles. The number of amides is 2. The van der Waals surface area contributed by atoms with E-state index in [-0.39, 0.29) is 36.0 Å².